The number of carbonyl (C=O) groups is 5. The molecule has 0 spiro atoms. The van der Waals surface area contributed by atoms with Crippen LogP contribution in [-0.2, 0) is 42.9 Å². The van der Waals surface area contributed by atoms with Crippen molar-refractivity contribution >= 4 is 29.6 Å². The number of esters is 1. The van der Waals surface area contributed by atoms with Crippen LogP contribution in [0.3, 0.4) is 0 Å². The number of hydrogen-bond donors (Lipinski definition) is 5. The summed E-state index contributed by atoms with van der Waals surface area (Å²) in [4.78, 5) is 68.8. The lowest BCUT2D eigenvalue weighted by atomic mass is 10.0. The summed E-state index contributed by atoms with van der Waals surface area (Å²) in [5.41, 5.74) is 5.96. The number of hydrogen-bond acceptors (Lipinski definition) is 13. The average molecular weight is 659 g/mol. The minimum absolute atomic E-state index is 0.0202. The van der Waals surface area contributed by atoms with Crippen molar-refractivity contribution in [1.29, 1.82) is 0 Å². The third-order valence-electron chi connectivity index (χ3n) is 8.11. The van der Waals surface area contributed by atoms with Crippen LogP contribution in [0.5, 0.6) is 0 Å². The van der Waals surface area contributed by atoms with Crippen molar-refractivity contribution in [2.75, 3.05) is 13.8 Å². The molecule has 0 radical (unpaired) electrons. The molecule has 254 valence electrons. The average Bonchev–Trinajstić information content (AvgIpc) is 3.31. The van der Waals surface area contributed by atoms with Crippen LogP contribution in [0.4, 0.5) is 0 Å². The Balaban J connectivity index is 1.33. The molecular formula is C30H38N6O11. The number of primary amides is 1. The molecule has 5 heterocycles. The van der Waals surface area contributed by atoms with Crippen LogP contribution in [0, 0.1) is 0 Å². The highest BCUT2D eigenvalue weighted by Crippen LogP contribution is 2.34. The molecule has 2 saturated heterocycles. The number of aliphatic hydroxyl groups is 1. The van der Waals surface area contributed by atoms with E-state index in [0.717, 1.165) is 6.42 Å². The normalized spacial score (nSPS) is 31.4. The van der Waals surface area contributed by atoms with Gasteiger partial charge in [-0.2, -0.15) is 0 Å². The van der Waals surface area contributed by atoms with E-state index in [4.69, 9.17) is 29.4 Å². The van der Waals surface area contributed by atoms with Crippen molar-refractivity contribution in [2.45, 2.75) is 87.7 Å². The number of carbonyl (C=O) groups excluding carboxylic acids is 5. The maximum atomic E-state index is 13.1. The van der Waals surface area contributed by atoms with Gasteiger partial charge in [0.05, 0.1) is 18.3 Å². The lowest BCUT2D eigenvalue weighted by molar-refractivity contribution is -0.209. The Hall–Kier alpha value is -4.58. The molecule has 6 N–H and O–H groups in total. The van der Waals surface area contributed by atoms with Crippen molar-refractivity contribution in [3.63, 3.8) is 0 Å². The summed E-state index contributed by atoms with van der Waals surface area (Å²) >= 11 is 0. The fourth-order valence-corrected chi connectivity index (χ4v) is 5.76. The second kappa shape index (κ2) is 14.9. The van der Waals surface area contributed by atoms with Gasteiger partial charge in [0.2, 0.25) is 24.0 Å². The third-order valence-corrected chi connectivity index (χ3v) is 8.11. The van der Waals surface area contributed by atoms with E-state index in [-0.39, 0.29) is 42.3 Å². The SMILES string of the molecule is CO[C@H]1[C@@H](OC(=O)c2ccncc2)[C@H](N2C=CC(=O)NC2)O[C@@H]1[C@@H](O[C@@H]1C[C@@H](O)C=C(C(=O)NC2CCC[C@@H](C)NC2=O)O1)C(N)=O. The van der Waals surface area contributed by atoms with Crippen LogP contribution in [-0.4, -0.2) is 113 Å². The molecule has 0 saturated carbocycles. The Morgan fingerprint density at radius 1 is 1.19 bits per heavy atom. The van der Waals surface area contributed by atoms with Gasteiger partial charge in [0.15, 0.2) is 24.2 Å². The summed E-state index contributed by atoms with van der Waals surface area (Å²) in [6, 6.07) is 2.08. The molecule has 1 unspecified atom stereocenters. The van der Waals surface area contributed by atoms with Gasteiger partial charge >= 0.3 is 5.97 Å². The van der Waals surface area contributed by atoms with Gasteiger partial charge in [0.1, 0.15) is 18.2 Å². The minimum Gasteiger partial charge on any atom is -0.459 e. The monoisotopic (exact) mass is 658 g/mol. The molecule has 9 atom stereocenters. The smallest absolute Gasteiger partial charge is 0.338 e. The minimum atomic E-state index is -1.59. The van der Waals surface area contributed by atoms with Crippen LogP contribution in [0.25, 0.3) is 0 Å². The molecule has 17 heteroatoms. The number of pyridine rings is 1. The van der Waals surface area contributed by atoms with E-state index in [0.29, 0.717) is 12.8 Å². The molecule has 47 heavy (non-hydrogen) atoms. The van der Waals surface area contributed by atoms with Crippen molar-refractivity contribution in [3.8, 4) is 0 Å². The number of amides is 4. The van der Waals surface area contributed by atoms with Gasteiger partial charge in [-0.05, 0) is 44.4 Å². The molecule has 4 amide bonds. The molecule has 1 aromatic rings. The number of aromatic nitrogens is 1. The molecule has 4 aliphatic heterocycles. The van der Waals surface area contributed by atoms with Crippen LogP contribution in [0.1, 0.15) is 43.0 Å². The first-order chi connectivity index (χ1) is 22.5. The molecule has 2 fully saturated rings. The fraction of sp³-hybridized carbons (Fsp3) is 0.533. The quantitative estimate of drug-likeness (QED) is 0.177. The highest BCUT2D eigenvalue weighted by molar-refractivity contribution is 5.96. The topological polar surface area (TPSA) is 230 Å². The van der Waals surface area contributed by atoms with Gasteiger partial charge in [-0.15, -0.1) is 0 Å². The molecule has 5 rings (SSSR count). The first kappa shape index (κ1) is 33.8. The van der Waals surface area contributed by atoms with E-state index in [1.165, 1.54) is 54.9 Å². The molecule has 1 aromatic heterocycles. The number of rotatable bonds is 10. The number of nitrogens with two attached hydrogens (primary N) is 1. The first-order valence-corrected chi connectivity index (χ1v) is 15.2. The van der Waals surface area contributed by atoms with E-state index in [2.05, 4.69) is 20.9 Å². The van der Waals surface area contributed by atoms with Gasteiger partial charge in [-0.25, -0.2) is 4.79 Å². The predicted molar refractivity (Wildman–Crippen MR) is 158 cm³/mol. The van der Waals surface area contributed by atoms with Gasteiger partial charge in [0.25, 0.3) is 5.91 Å². The zero-order valence-electron chi connectivity index (χ0n) is 25.8. The summed E-state index contributed by atoms with van der Waals surface area (Å²) < 4.78 is 29.4. The molecule has 0 bridgehead atoms. The summed E-state index contributed by atoms with van der Waals surface area (Å²) in [5.74, 6) is -3.47. The van der Waals surface area contributed by atoms with Crippen molar-refractivity contribution in [1.82, 2.24) is 25.8 Å². The number of ether oxygens (including phenoxy) is 5. The van der Waals surface area contributed by atoms with E-state index in [9.17, 15) is 29.1 Å². The fourth-order valence-electron chi connectivity index (χ4n) is 5.76. The Morgan fingerprint density at radius 2 is 1.96 bits per heavy atom. The second-order valence-electron chi connectivity index (χ2n) is 11.5. The van der Waals surface area contributed by atoms with Gasteiger partial charge in [0, 0.05) is 44.2 Å². The predicted octanol–water partition coefficient (Wildman–Crippen LogP) is -1.71. The van der Waals surface area contributed by atoms with Gasteiger partial charge in [-0.3, -0.25) is 24.2 Å². The highest BCUT2D eigenvalue weighted by Gasteiger charge is 2.55. The summed E-state index contributed by atoms with van der Waals surface area (Å²) in [5, 5.41) is 18.6. The summed E-state index contributed by atoms with van der Waals surface area (Å²) in [7, 11) is 1.32. The lowest BCUT2D eigenvalue weighted by Crippen LogP contribution is -2.51. The first-order valence-electron chi connectivity index (χ1n) is 15.2. The Bertz CT molecular complexity index is 1410. The second-order valence-corrected chi connectivity index (χ2v) is 11.5. The van der Waals surface area contributed by atoms with Crippen LogP contribution < -0.4 is 21.7 Å². The van der Waals surface area contributed by atoms with E-state index in [1.807, 2.05) is 6.92 Å². The van der Waals surface area contributed by atoms with Gasteiger partial charge in [-0.1, -0.05) is 0 Å². The summed E-state index contributed by atoms with van der Waals surface area (Å²) in [6.07, 6.45) is -0.400. The van der Waals surface area contributed by atoms with Crippen molar-refractivity contribution in [3.05, 3.63) is 54.2 Å². The van der Waals surface area contributed by atoms with E-state index >= 15 is 0 Å². The zero-order valence-corrected chi connectivity index (χ0v) is 25.8. The largest absolute Gasteiger partial charge is 0.459 e. The Kier molecular flexibility index (Phi) is 10.7. The molecular weight excluding hydrogens is 620 g/mol. The van der Waals surface area contributed by atoms with Crippen LogP contribution >= 0.6 is 0 Å². The maximum absolute atomic E-state index is 13.1. The van der Waals surface area contributed by atoms with Crippen LogP contribution in [0.15, 0.2) is 48.6 Å². The van der Waals surface area contributed by atoms with E-state index < -0.39 is 66.9 Å². The van der Waals surface area contributed by atoms with Crippen molar-refractivity contribution < 1.29 is 52.8 Å². The highest BCUT2D eigenvalue weighted by atomic mass is 16.7. The lowest BCUT2D eigenvalue weighted by Gasteiger charge is -2.33. The van der Waals surface area contributed by atoms with Crippen LogP contribution in [0.2, 0.25) is 0 Å². The Morgan fingerprint density at radius 3 is 2.64 bits per heavy atom. The maximum Gasteiger partial charge on any atom is 0.338 e. The number of nitrogens with one attached hydrogen (secondary N) is 3. The van der Waals surface area contributed by atoms with Gasteiger partial charge < -0.3 is 55.4 Å². The summed E-state index contributed by atoms with van der Waals surface area (Å²) in [6.45, 7) is 1.86. The number of methoxy groups -OCH3 is 1. The molecule has 4 aliphatic rings. The number of aliphatic hydroxyl groups excluding tert-OH is 1. The zero-order chi connectivity index (χ0) is 33.7. The molecule has 0 aliphatic carbocycles. The standard InChI is InChI=1S/C30H38N6O11/c1-15-4-3-5-18(27(40)34-15)35-28(41)19-12-17(37)13-21(44-19)45-24(26(31)39)23-22(43-2)25(47-30(42)16-6-9-32-10-7-16)29(46-23)36-11-8-20(38)33-14-36/h6-12,15,17-18,21-25,29,37H,3-5,13-14H2,1-2H3,(H2,31,39)(H,33,38)(H,34,40)(H,35,41)/t15-,17+,18?,21-,22-,23+,24-,25-,29-/m1/s1. The van der Waals surface area contributed by atoms with E-state index in [1.54, 1.807) is 0 Å². The van der Waals surface area contributed by atoms with Crippen molar-refractivity contribution in [2.24, 2.45) is 5.73 Å². The molecule has 17 nitrogen and oxygen atoms in total. The Labute approximate surface area is 269 Å². The molecule has 0 aromatic carbocycles. The third kappa shape index (κ3) is 8.05. The number of nitrogens with zero attached hydrogens (tertiary/aromatic N) is 2.